The lowest BCUT2D eigenvalue weighted by Gasteiger charge is -2.17. The first-order valence-corrected chi connectivity index (χ1v) is 4.57. The lowest BCUT2D eigenvalue weighted by atomic mass is 10.1. The molecule has 0 aromatic carbocycles. The molecule has 0 aliphatic carbocycles. The standard InChI is InChI=1S/C8H13NOS/c1-6(10)8(9-2)7-3-4-11-5-7/h3-6,8-10H,1-2H3. The van der Waals surface area contributed by atoms with Crippen molar-refractivity contribution < 1.29 is 5.11 Å². The molecule has 0 fully saturated rings. The van der Waals surface area contributed by atoms with Crippen LogP contribution in [-0.4, -0.2) is 18.3 Å². The molecule has 62 valence electrons. The van der Waals surface area contributed by atoms with Crippen LogP contribution in [0.25, 0.3) is 0 Å². The van der Waals surface area contributed by atoms with Crippen LogP contribution in [0, 0.1) is 0 Å². The molecular weight excluding hydrogens is 158 g/mol. The van der Waals surface area contributed by atoms with Crippen molar-refractivity contribution in [3.63, 3.8) is 0 Å². The van der Waals surface area contributed by atoms with Crippen LogP contribution in [0.1, 0.15) is 18.5 Å². The van der Waals surface area contributed by atoms with E-state index >= 15 is 0 Å². The topological polar surface area (TPSA) is 32.3 Å². The van der Waals surface area contributed by atoms with Crippen LogP contribution in [0.4, 0.5) is 0 Å². The van der Waals surface area contributed by atoms with Gasteiger partial charge in [-0.3, -0.25) is 0 Å². The number of rotatable bonds is 3. The molecule has 2 N–H and O–H groups in total. The minimum absolute atomic E-state index is 0.0706. The van der Waals surface area contributed by atoms with Gasteiger partial charge in [-0.2, -0.15) is 11.3 Å². The largest absolute Gasteiger partial charge is 0.391 e. The van der Waals surface area contributed by atoms with Gasteiger partial charge >= 0.3 is 0 Å². The van der Waals surface area contributed by atoms with E-state index in [1.165, 1.54) is 0 Å². The Morgan fingerprint density at radius 3 is 2.73 bits per heavy atom. The molecule has 0 radical (unpaired) electrons. The highest BCUT2D eigenvalue weighted by Gasteiger charge is 2.14. The summed E-state index contributed by atoms with van der Waals surface area (Å²) in [5.74, 6) is 0. The molecule has 3 heteroatoms. The summed E-state index contributed by atoms with van der Waals surface area (Å²) in [4.78, 5) is 0. The third kappa shape index (κ3) is 2.02. The molecule has 2 unspecified atom stereocenters. The molecular formula is C8H13NOS. The van der Waals surface area contributed by atoms with Gasteiger partial charge in [-0.1, -0.05) is 0 Å². The van der Waals surface area contributed by atoms with Crippen LogP contribution in [0.5, 0.6) is 0 Å². The predicted molar refractivity (Wildman–Crippen MR) is 47.8 cm³/mol. The van der Waals surface area contributed by atoms with Crippen molar-refractivity contribution in [3.05, 3.63) is 22.4 Å². The minimum atomic E-state index is -0.338. The highest BCUT2D eigenvalue weighted by atomic mass is 32.1. The quantitative estimate of drug-likeness (QED) is 0.720. The molecule has 1 aromatic rings. The lowest BCUT2D eigenvalue weighted by Crippen LogP contribution is -2.26. The molecule has 0 bridgehead atoms. The fourth-order valence-electron chi connectivity index (χ4n) is 1.14. The molecule has 0 saturated heterocycles. The Hall–Kier alpha value is -0.380. The second-order valence-electron chi connectivity index (χ2n) is 2.56. The van der Waals surface area contributed by atoms with Gasteiger partial charge in [0.1, 0.15) is 0 Å². The Bertz CT molecular complexity index is 196. The van der Waals surface area contributed by atoms with Crippen molar-refractivity contribution >= 4 is 11.3 Å². The predicted octanol–water partition coefficient (Wildman–Crippen LogP) is 1.39. The molecule has 0 saturated carbocycles. The van der Waals surface area contributed by atoms with E-state index in [2.05, 4.69) is 5.32 Å². The maximum Gasteiger partial charge on any atom is 0.0707 e. The van der Waals surface area contributed by atoms with Crippen LogP contribution in [0.2, 0.25) is 0 Å². The van der Waals surface area contributed by atoms with Gasteiger partial charge < -0.3 is 10.4 Å². The van der Waals surface area contributed by atoms with Crippen LogP contribution in [0.3, 0.4) is 0 Å². The molecule has 2 atom stereocenters. The Kier molecular flexibility index (Phi) is 3.05. The van der Waals surface area contributed by atoms with E-state index in [-0.39, 0.29) is 12.1 Å². The SMILES string of the molecule is CNC(c1ccsc1)C(C)O. The molecule has 0 spiro atoms. The molecule has 1 aromatic heterocycles. The average molecular weight is 171 g/mol. The summed E-state index contributed by atoms with van der Waals surface area (Å²) < 4.78 is 0. The van der Waals surface area contributed by atoms with Gasteiger partial charge in [-0.05, 0) is 36.4 Å². The van der Waals surface area contributed by atoms with E-state index in [1.807, 2.05) is 23.9 Å². The first-order chi connectivity index (χ1) is 5.25. The number of aliphatic hydroxyl groups excluding tert-OH is 1. The van der Waals surface area contributed by atoms with Crippen LogP contribution >= 0.6 is 11.3 Å². The van der Waals surface area contributed by atoms with Gasteiger partial charge in [0.15, 0.2) is 0 Å². The molecule has 2 nitrogen and oxygen atoms in total. The number of hydrogen-bond acceptors (Lipinski definition) is 3. The van der Waals surface area contributed by atoms with E-state index in [0.717, 1.165) is 5.56 Å². The Balaban J connectivity index is 2.71. The van der Waals surface area contributed by atoms with Crippen LogP contribution < -0.4 is 5.32 Å². The number of likely N-dealkylation sites (N-methyl/N-ethyl adjacent to an activating group) is 1. The second-order valence-corrected chi connectivity index (χ2v) is 3.34. The van der Waals surface area contributed by atoms with Crippen molar-refractivity contribution in [2.75, 3.05) is 7.05 Å². The zero-order chi connectivity index (χ0) is 8.27. The van der Waals surface area contributed by atoms with Gasteiger partial charge in [0.05, 0.1) is 12.1 Å². The summed E-state index contributed by atoms with van der Waals surface area (Å²) in [5, 5.41) is 16.5. The van der Waals surface area contributed by atoms with Gasteiger partial charge in [-0.25, -0.2) is 0 Å². The normalized spacial score (nSPS) is 16.3. The molecule has 1 heterocycles. The number of nitrogens with one attached hydrogen (secondary N) is 1. The summed E-state index contributed by atoms with van der Waals surface area (Å²) in [6.07, 6.45) is -0.338. The average Bonchev–Trinajstić information content (AvgIpc) is 2.40. The molecule has 1 rings (SSSR count). The fourth-order valence-corrected chi connectivity index (χ4v) is 1.83. The summed E-state index contributed by atoms with van der Waals surface area (Å²) in [5.41, 5.74) is 1.16. The zero-order valence-electron chi connectivity index (χ0n) is 6.74. The van der Waals surface area contributed by atoms with E-state index in [9.17, 15) is 5.11 Å². The Morgan fingerprint density at radius 1 is 1.64 bits per heavy atom. The molecule has 0 aliphatic rings. The minimum Gasteiger partial charge on any atom is -0.391 e. The number of hydrogen-bond donors (Lipinski definition) is 2. The molecule has 11 heavy (non-hydrogen) atoms. The van der Waals surface area contributed by atoms with E-state index < -0.39 is 0 Å². The van der Waals surface area contributed by atoms with E-state index in [1.54, 1.807) is 18.3 Å². The summed E-state index contributed by atoms with van der Waals surface area (Å²) in [6.45, 7) is 1.79. The number of thiophene rings is 1. The summed E-state index contributed by atoms with van der Waals surface area (Å²) >= 11 is 1.65. The molecule has 0 amide bonds. The van der Waals surface area contributed by atoms with Gasteiger partial charge in [-0.15, -0.1) is 0 Å². The summed E-state index contributed by atoms with van der Waals surface area (Å²) in [7, 11) is 1.86. The van der Waals surface area contributed by atoms with E-state index in [4.69, 9.17) is 0 Å². The fraction of sp³-hybridized carbons (Fsp3) is 0.500. The van der Waals surface area contributed by atoms with Crippen molar-refractivity contribution in [3.8, 4) is 0 Å². The second kappa shape index (κ2) is 3.85. The van der Waals surface area contributed by atoms with Crippen molar-refractivity contribution in [2.24, 2.45) is 0 Å². The van der Waals surface area contributed by atoms with E-state index in [0.29, 0.717) is 0 Å². The monoisotopic (exact) mass is 171 g/mol. The van der Waals surface area contributed by atoms with Crippen LogP contribution in [-0.2, 0) is 0 Å². The van der Waals surface area contributed by atoms with Crippen molar-refractivity contribution in [1.29, 1.82) is 0 Å². The first-order valence-electron chi connectivity index (χ1n) is 3.63. The highest BCUT2D eigenvalue weighted by Crippen LogP contribution is 2.18. The van der Waals surface area contributed by atoms with Gasteiger partial charge in [0.25, 0.3) is 0 Å². The number of aliphatic hydroxyl groups is 1. The van der Waals surface area contributed by atoms with Gasteiger partial charge in [0, 0.05) is 0 Å². The lowest BCUT2D eigenvalue weighted by molar-refractivity contribution is 0.150. The van der Waals surface area contributed by atoms with Crippen molar-refractivity contribution in [2.45, 2.75) is 19.1 Å². The maximum absolute atomic E-state index is 9.33. The maximum atomic E-state index is 9.33. The Morgan fingerprint density at radius 2 is 2.36 bits per heavy atom. The van der Waals surface area contributed by atoms with Gasteiger partial charge in [0.2, 0.25) is 0 Å². The highest BCUT2D eigenvalue weighted by molar-refractivity contribution is 7.07. The third-order valence-corrected chi connectivity index (χ3v) is 2.40. The smallest absolute Gasteiger partial charge is 0.0707 e. The third-order valence-electron chi connectivity index (χ3n) is 1.70. The first kappa shape index (κ1) is 8.71. The van der Waals surface area contributed by atoms with Crippen LogP contribution in [0.15, 0.2) is 16.8 Å². The van der Waals surface area contributed by atoms with Crippen molar-refractivity contribution in [1.82, 2.24) is 5.32 Å². The Labute approximate surface area is 70.9 Å². The molecule has 0 aliphatic heterocycles. The zero-order valence-corrected chi connectivity index (χ0v) is 7.56. The summed E-state index contributed by atoms with van der Waals surface area (Å²) in [6, 6.07) is 2.10.